The average Bonchev–Trinajstić information content (AvgIpc) is 4.34. The molecule has 0 amide bonds. The number of carbonyl (C=O) groups excluding carboxylic acids is 2. The summed E-state index contributed by atoms with van der Waals surface area (Å²) >= 11 is 0. The van der Waals surface area contributed by atoms with Gasteiger partial charge in [0, 0.05) is 34.7 Å². The second kappa shape index (κ2) is 22.8. The van der Waals surface area contributed by atoms with Crippen LogP contribution in [0.5, 0.6) is 5.75 Å². The third-order valence-corrected chi connectivity index (χ3v) is 11.3. The molecule has 10 aromatic rings. The number of aromatic nitrogens is 12. The molecule has 0 saturated carbocycles. The average molecular weight is 1100 g/mol. The zero-order chi connectivity index (χ0) is 56.8. The van der Waals surface area contributed by atoms with Gasteiger partial charge in [-0.3, -0.25) is 15.0 Å². The number of alkyl halides is 9. The van der Waals surface area contributed by atoms with E-state index in [9.17, 15) is 53.9 Å². The Bertz CT molecular complexity index is 3860. The summed E-state index contributed by atoms with van der Waals surface area (Å²) < 4.78 is 132. The number of H-pyrrole nitrogens is 2. The molecule has 10 rings (SSSR count). The molecule has 0 saturated heterocycles. The fraction of sp³-hybridized carbons (Fsp3) is 0.176. The quantitative estimate of drug-likeness (QED) is 0.0804. The zero-order valence-electron chi connectivity index (χ0n) is 40.9. The first-order valence-corrected chi connectivity index (χ1v) is 22.9. The van der Waals surface area contributed by atoms with Gasteiger partial charge in [-0.15, -0.1) is 15.3 Å². The minimum atomic E-state index is -4.45. The highest BCUT2D eigenvalue weighted by molar-refractivity contribution is 5.97. The van der Waals surface area contributed by atoms with Crippen LogP contribution in [0.4, 0.5) is 39.5 Å². The van der Waals surface area contributed by atoms with E-state index in [1.807, 2.05) is 12.1 Å². The van der Waals surface area contributed by atoms with Crippen molar-refractivity contribution >= 4 is 50.2 Å². The predicted molar refractivity (Wildman–Crippen MR) is 261 cm³/mol. The fourth-order valence-electron chi connectivity index (χ4n) is 7.57. The van der Waals surface area contributed by atoms with Crippen molar-refractivity contribution in [2.45, 2.75) is 38.9 Å². The van der Waals surface area contributed by atoms with Crippen LogP contribution in [0.2, 0.25) is 0 Å². The van der Waals surface area contributed by atoms with Gasteiger partial charge in [0.2, 0.25) is 0 Å². The maximum absolute atomic E-state index is 13.0. The Morgan fingerprint density at radius 1 is 0.532 bits per heavy atom. The number of nitrogens with zero attached hydrogens (tertiary/aromatic N) is 10. The molecule has 0 aliphatic rings. The Balaban J connectivity index is 0.000000160. The molecule has 0 bridgehead atoms. The molecular formula is C51H37F9N12O7. The van der Waals surface area contributed by atoms with Gasteiger partial charge in [0.25, 0.3) is 0 Å². The molecule has 6 aromatic heterocycles. The number of hydrogen-bond donors (Lipinski definition) is 3. The maximum atomic E-state index is 13.0. The standard InChI is InChI=1S/C23H19F3N4O3.C15H11F3N4O2.C13H7F3N4O2/c1-3-33-22(31)20-21(30(29-28-20)13-14-4-8-18(32-2)9-5-14)19-11-15-6-7-17(23(24,25)26)10-16(15)12-27-19;1-2-24-14(23)13-12(20-22-21-13)11-6-8-3-4-10(15(16,17)18)5-9(8)7-19-11;14-13(15,16)8-2-1-6-4-9(17-5-7(6)3-8)10-11(12(21)22)19-20-18-10/h4-12H,3,13H2,1-2H3;3-7H,2H2,1H3,(H,20,21,22);1-5H,(H,21,22)(H,18,19,20). The number of rotatable bonds is 11. The summed E-state index contributed by atoms with van der Waals surface area (Å²) in [5.41, 5.74) is -0.424. The van der Waals surface area contributed by atoms with Gasteiger partial charge in [-0.05, 0) is 102 Å². The van der Waals surface area contributed by atoms with E-state index in [0.29, 0.717) is 55.1 Å². The molecule has 4 aromatic carbocycles. The van der Waals surface area contributed by atoms with Crippen LogP contribution < -0.4 is 4.74 Å². The van der Waals surface area contributed by atoms with Crippen molar-refractivity contribution in [1.29, 1.82) is 0 Å². The van der Waals surface area contributed by atoms with E-state index < -0.39 is 53.1 Å². The van der Waals surface area contributed by atoms with Gasteiger partial charge in [0.1, 0.15) is 22.8 Å². The van der Waals surface area contributed by atoms with Crippen molar-refractivity contribution in [1.82, 2.24) is 60.8 Å². The Morgan fingerprint density at radius 3 is 1.38 bits per heavy atom. The SMILES string of the molecule is CCOC(=O)c1n[nH]nc1-c1cc2ccc(C(F)(F)F)cc2cn1.CCOC(=O)c1nnn(Cc2ccc(OC)cc2)c1-c1cc2ccc(C(F)(F)F)cc2cn1.O=C(O)c1n[nH]nc1-c1cc2ccc(C(F)(F)F)cc2cn1. The van der Waals surface area contributed by atoms with Crippen LogP contribution in [0.25, 0.3) is 66.5 Å². The predicted octanol–water partition coefficient (Wildman–Crippen LogP) is 10.7. The van der Waals surface area contributed by atoms with Crippen molar-refractivity contribution in [3.63, 3.8) is 0 Å². The smallest absolute Gasteiger partial charge is 0.416 e. The largest absolute Gasteiger partial charge is 0.497 e. The lowest BCUT2D eigenvalue weighted by molar-refractivity contribution is -0.138. The van der Waals surface area contributed by atoms with Gasteiger partial charge in [0.05, 0.1) is 60.6 Å². The van der Waals surface area contributed by atoms with Crippen molar-refractivity contribution < 1.29 is 73.2 Å². The topological polar surface area (TPSA) is 252 Å². The number of aromatic amines is 2. The molecule has 0 unspecified atom stereocenters. The minimum absolute atomic E-state index is 0.0225. The molecule has 0 aliphatic carbocycles. The Kier molecular flexibility index (Phi) is 15.9. The number of benzene rings is 4. The normalized spacial score (nSPS) is 11.6. The Hall–Kier alpha value is -9.89. The lowest BCUT2D eigenvalue weighted by atomic mass is 10.1. The van der Waals surface area contributed by atoms with Crippen LogP contribution in [-0.2, 0) is 34.5 Å². The first-order valence-electron chi connectivity index (χ1n) is 22.9. The molecular weight excluding hydrogens is 1060 g/mol. The summed E-state index contributed by atoms with van der Waals surface area (Å²) in [6.45, 7) is 3.93. The van der Waals surface area contributed by atoms with Crippen molar-refractivity contribution in [3.05, 3.63) is 155 Å². The number of esters is 2. The van der Waals surface area contributed by atoms with Gasteiger partial charge >= 0.3 is 36.4 Å². The van der Waals surface area contributed by atoms with E-state index >= 15 is 0 Å². The Labute approximate surface area is 437 Å². The summed E-state index contributed by atoms with van der Waals surface area (Å²) in [6.07, 6.45) is -9.44. The van der Waals surface area contributed by atoms with Gasteiger partial charge in [-0.2, -0.15) is 60.1 Å². The van der Waals surface area contributed by atoms with Crippen LogP contribution in [0.1, 0.15) is 67.6 Å². The van der Waals surface area contributed by atoms with Gasteiger partial charge in [-0.1, -0.05) is 35.5 Å². The van der Waals surface area contributed by atoms with Crippen LogP contribution in [0, 0.1) is 0 Å². The summed E-state index contributed by atoms with van der Waals surface area (Å²) in [5.74, 6) is -1.91. The van der Waals surface area contributed by atoms with E-state index in [2.05, 4.69) is 56.1 Å². The highest BCUT2D eigenvalue weighted by atomic mass is 19.4. The fourth-order valence-corrected chi connectivity index (χ4v) is 7.57. The van der Waals surface area contributed by atoms with Gasteiger partial charge in [-0.25, -0.2) is 19.1 Å². The lowest BCUT2D eigenvalue weighted by Crippen LogP contribution is -2.10. The molecule has 0 radical (unpaired) electrons. The molecule has 6 heterocycles. The first-order chi connectivity index (χ1) is 37.6. The van der Waals surface area contributed by atoms with E-state index in [1.54, 1.807) is 39.2 Å². The third kappa shape index (κ3) is 12.7. The molecule has 0 aliphatic heterocycles. The highest BCUT2D eigenvalue weighted by Crippen LogP contribution is 2.36. The number of hydrogen-bond acceptors (Lipinski definition) is 15. The van der Waals surface area contributed by atoms with Crippen LogP contribution in [-0.4, -0.2) is 104 Å². The van der Waals surface area contributed by atoms with Crippen LogP contribution in [0.3, 0.4) is 0 Å². The maximum Gasteiger partial charge on any atom is 0.416 e. The molecule has 0 fully saturated rings. The van der Waals surface area contributed by atoms with Gasteiger partial charge in [0.15, 0.2) is 17.1 Å². The number of methoxy groups -OCH3 is 1. The van der Waals surface area contributed by atoms with Crippen molar-refractivity contribution in [2.75, 3.05) is 20.3 Å². The number of fused-ring (bicyclic) bond motifs is 3. The molecule has 79 heavy (non-hydrogen) atoms. The minimum Gasteiger partial charge on any atom is -0.497 e. The molecule has 0 spiro atoms. The van der Waals surface area contributed by atoms with Crippen LogP contribution in [0.15, 0.2) is 116 Å². The lowest BCUT2D eigenvalue weighted by Gasteiger charge is -2.11. The summed E-state index contributed by atoms with van der Waals surface area (Å²) in [7, 11) is 1.57. The number of aromatic carboxylic acids is 1. The van der Waals surface area contributed by atoms with Crippen LogP contribution >= 0.6 is 0 Å². The number of pyridine rings is 3. The number of halogens is 9. The van der Waals surface area contributed by atoms with E-state index in [1.165, 1.54) is 53.6 Å². The highest BCUT2D eigenvalue weighted by Gasteiger charge is 2.33. The molecule has 0 atom stereocenters. The number of carbonyl (C=O) groups is 3. The van der Waals surface area contributed by atoms with E-state index in [-0.39, 0.29) is 53.9 Å². The zero-order valence-corrected chi connectivity index (χ0v) is 40.9. The third-order valence-electron chi connectivity index (χ3n) is 11.3. The summed E-state index contributed by atoms with van der Waals surface area (Å²) in [4.78, 5) is 47.7. The first kappa shape index (κ1) is 55.3. The van der Waals surface area contributed by atoms with E-state index in [4.69, 9.17) is 19.3 Å². The van der Waals surface area contributed by atoms with Gasteiger partial charge < -0.3 is 19.3 Å². The summed E-state index contributed by atoms with van der Waals surface area (Å²) in [6, 6.07) is 21.9. The summed E-state index contributed by atoms with van der Waals surface area (Å²) in [5, 5.41) is 38.9. The number of carboxylic acids is 1. The molecule has 406 valence electrons. The second-order valence-corrected chi connectivity index (χ2v) is 16.5. The number of nitrogens with one attached hydrogen (secondary N) is 2. The number of carboxylic acid groups (broad SMARTS) is 1. The molecule has 3 N–H and O–H groups in total. The number of ether oxygens (including phenoxy) is 3. The Morgan fingerprint density at radius 2 is 0.949 bits per heavy atom. The monoisotopic (exact) mass is 1100 g/mol. The van der Waals surface area contributed by atoms with Crippen molar-refractivity contribution in [2.24, 2.45) is 0 Å². The molecule has 19 nitrogen and oxygen atoms in total. The van der Waals surface area contributed by atoms with Crippen molar-refractivity contribution in [3.8, 4) is 39.9 Å². The van der Waals surface area contributed by atoms with E-state index in [0.717, 1.165) is 42.0 Å². The second-order valence-electron chi connectivity index (χ2n) is 16.5. The molecule has 28 heteroatoms.